The highest BCUT2D eigenvalue weighted by molar-refractivity contribution is 6.20. The van der Waals surface area contributed by atoms with E-state index in [4.69, 9.17) is 11.6 Å². The lowest BCUT2D eigenvalue weighted by Gasteiger charge is -2.25. The van der Waals surface area contributed by atoms with Crippen molar-refractivity contribution in [1.29, 1.82) is 0 Å². The van der Waals surface area contributed by atoms with E-state index in [2.05, 4.69) is 15.3 Å². The van der Waals surface area contributed by atoms with E-state index in [1.165, 1.54) is 12.8 Å². The van der Waals surface area contributed by atoms with Crippen molar-refractivity contribution in [2.45, 2.75) is 44.9 Å². The second-order valence-corrected chi connectivity index (χ2v) is 5.59. The minimum Gasteiger partial charge on any atom is -0.354 e. The molecule has 1 aliphatic carbocycles. The fraction of sp³-hybridized carbons (Fsp3) is 0.692. The number of hydrogen-bond donors (Lipinski definition) is 1. The summed E-state index contributed by atoms with van der Waals surface area (Å²) in [5.74, 6) is 1.48. The highest BCUT2D eigenvalue weighted by Crippen LogP contribution is 2.27. The third kappa shape index (κ3) is 3.84. The zero-order valence-corrected chi connectivity index (χ0v) is 11.3. The first-order valence-corrected chi connectivity index (χ1v) is 6.77. The normalized spacial score (nSPS) is 24.6. The fourth-order valence-corrected chi connectivity index (χ4v) is 2.62. The third-order valence-electron chi connectivity index (χ3n) is 3.31. The van der Waals surface area contributed by atoms with Crippen LogP contribution in [0, 0.1) is 19.8 Å². The Balaban J connectivity index is 1.85. The average Bonchev–Trinajstić information content (AvgIpc) is 2.27. The van der Waals surface area contributed by atoms with Crippen molar-refractivity contribution in [2.75, 3.05) is 11.9 Å². The molecule has 1 aliphatic rings. The molecule has 1 heterocycles. The molecule has 1 saturated carbocycles. The van der Waals surface area contributed by atoms with Crippen LogP contribution in [0.25, 0.3) is 0 Å². The first-order valence-electron chi connectivity index (χ1n) is 6.33. The lowest BCUT2D eigenvalue weighted by atomic mass is 9.89. The molecule has 1 aromatic rings. The Morgan fingerprint density at radius 2 is 1.76 bits per heavy atom. The molecule has 94 valence electrons. The van der Waals surface area contributed by atoms with Gasteiger partial charge in [0.15, 0.2) is 0 Å². The molecule has 1 fully saturated rings. The van der Waals surface area contributed by atoms with Crippen LogP contribution < -0.4 is 5.32 Å². The molecule has 0 atom stereocenters. The molecule has 0 aliphatic heterocycles. The predicted molar refractivity (Wildman–Crippen MR) is 71.6 cm³/mol. The van der Waals surface area contributed by atoms with E-state index >= 15 is 0 Å². The van der Waals surface area contributed by atoms with E-state index in [0.717, 1.165) is 42.6 Å². The minimum absolute atomic E-state index is 0.392. The maximum Gasteiger partial charge on any atom is 0.223 e. The smallest absolute Gasteiger partial charge is 0.223 e. The van der Waals surface area contributed by atoms with E-state index in [1.54, 1.807) is 0 Å². The zero-order chi connectivity index (χ0) is 12.3. The number of aryl methyl sites for hydroxylation is 2. The van der Waals surface area contributed by atoms with Crippen LogP contribution in [0.3, 0.4) is 0 Å². The van der Waals surface area contributed by atoms with Gasteiger partial charge in [0, 0.05) is 23.3 Å². The van der Waals surface area contributed by atoms with Crippen molar-refractivity contribution in [3.63, 3.8) is 0 Å². The first-order chi connectivity index (χ1) is 8.13. The minimum atomic E-state index is 0.392. The van der Waals surface area contributed by atoms with Gasteiger partial charge < -0.3 is 5.32 Å². The number of anilines is 1. The van der Waals surface area contributed by atoms with Gasteiger partial charge in [0.2, 0.25) is 5.95 Å². The van der Waals surface area contributed by atoms with Crippen molar-refractivity contribution < 1.29 is 0 Å². The van der Waals surface area contributed by atoms with E-state index in [-0.39, 0.29) is 0 Å². The monoisotopic (exact) mass is 253 g/mol. The largest absolute Gasteiger partial charge is 0.354 e. The van der Waals surface area contributed by atoms with Crippen molar-refractivity contribution in [2.24, 2.45) is 5.92 Å². The summed E-state index contributed by atoms with van der Waals surface area (Å²) in [6.45, 7) is 4.96. The van der Waals surface area contributed by atoms with E-state index in [0.29, 0.717) is 5.38 Å². The molecule has 17 heavy (non-hydrogen) atoms. The maximum absolute atomic E-state index is 6.10. The Morgan fingerprint density at radius 3 is 2.35 bits per heavy atom. The van der Waals surface area contributed by atoms with Crippen LogP contribution in [0.2, 0.25) is 0 Å². The standard InChI is InChI=1S/C13H20ClN3/c1-9-7-10(2)17-13(16-9)15-8-11-3-5-12(14)6-4-11/h7,11-12H,3-6,8H2,1-2H3,(H,15,16,17). The Morgan fingerprint density at radius 1 is 1.18 bits per heavy atom. The molecule has 1 N–H and O–H groups in total. The lowest BCUT2D eigenvalue weighted by molar-refractivity contribution is 0.377. The second kappa shape index (κ2) is 5.67. The van der Waals surface area contributed by atoms with Crippen molar-refractivity contribution in [1.82, 2.24) is 9.97 Å². The number of hydrogen-bond acceptors (Lipinski definition) is 3. The summed E-state index contributed by atoms with van der Waals surface area (Å²) in [6.07, 6.45) is 4.71. The lowest BCUT2D eigenvalue weighted by Crippen LogP contribution is -2.22. The second-order valence-electron chi connectivity index (χ2n) is 4.97. The number of aromatic nitrogens is 2. The summed E-state index contributed by atoms with van der Waals surface area (Å²) >= 11 is 6.10. The van der Waals surface area contributed by atoms with Crippen LogP contribution in [0.1, 0.15) is 37.1 Å². The van der Waals surface area contributed by atoms with Gasteiger partial charge in [0.1, 0.15) is 0 Å². The van der Waals surface area contributed by atoms with Crippen molar-refractivity contribution >= 4 is 17.5 Å². The molecule has 0 spiro atoms. The Bertz CT molecular complexity index is 353. The average molecular weight is 254 g/mol. The molecule has 1 aromatic heterocycles. The van der Waals surface area contributed by atoms with E-state index < -0.39 is 0 Å². The van der Waals surface area contributed by atoms with Gasteiger partial charge in [-0.3, -0.25) is 0 Å². The van der Waals surface area contributed by atoms with Crippen LogP contribution >= 0.6 is 11.6 Å². The Labute approximate surface area is 108 Å². The van der Waals surface area contributed by atoms with Crippen molar-refractivity contribution in [3.8, 4) is 0 Å². The quantitative estimate of drug-likeness (QED) is 0.840. The number of rotatable bonds is 3. The van der Waals surface area contributed by atoms with Gasteiger partial charge in [-0.05, 0) is 51.5 Å². The summed E-state index contributed by atoms with van der Waals surface area (Å²) in [5, 5.41) is 3.74. The van der Waals surface area contributed by atoms with Crippen LogP contribution in [-0.4, -0.2) is 21.9 Å². The summed E-state index contributed by atoms with van der Waals surface area (Å²) in [7, 11) is 0. The molecule has 4 heteroatoms. The van der Waals surface area contributed by atoms with Crippen LogP contribution in [-0.2, 0) is 0 Å². The summed E-state index contributed by atoms with van der Waals surface area (Å²) in [4.78, 5) is 8.77. The van der Waals surface area contributed by atoms with Crippen LogP contribution in [0.15, 0.2) is 6.07 Å². The number of nitrogens with one attached hydrogen (secondary N) is 1. The molecule has 0 bridgehead atoms. The van der Waals surface area contributed by atoms with Crippen LogP contribution in [0.4, 0.5) is 5.95 Å². The Kier molecular flexibility index (Phi) is 4.21. The van der Waals surface area contributed by atoms with Gasteiger partial charge in [0.25, 0.3) is 0 Å². The van der Waals surface area contributed by atoms with Crippen molar-refractivity contribution in [3.05, 3.63) is 17.5 Å². The highest BCUT2D eigenvalue weighted by Gasteiger charge is 2.19. The highest BCUT2D eigenvalue weighted by atomic mass is 35.5. The molecule has 0 amide bonds. The van der Waals surface area contributed by atoms with Gasteiger partial charge in [-0.1, -0.05) is 0 Å². The van der Waals surface area contributed by atoms with Gasteiger partial charge in [-0.15, -0.1) is 11.6 Å². The van der Waals surface area contributed by atoms with E-state index in [9.17, 15) is 0 Å². The molecule has 3 nitrogen and oxygen atoms in total. The summed E-state index contributed by atoms with van der Waals surface area (Å²) in [6, 6.07) is 1.99. The molecule has 2 rings (SSSR count). The number of alkyl halides is 1. The topological polar surface area (TPSA) is 37.8 Å². The SMILES string of the molecule is Cc1cc(C)nc(NCC2CCC(Cl)CC2)n1. The van der Waals surface area contributed by atoms with Gasteiger partial charge in [-0.2, -0.15) is 0 Å². The van der Waals surface area contributed by atoms with Gasteiger partial charge >= 0.3 is 0 Å². The molecule has 0 saturated heterocycles. The summed E-state index contributed by atoms with van der Waals surface area (Å²) < 4.78 is 0. The van der Waals surface area contributed by atoms with Gasteiger partial charge in [0.05, 0.1) is 0 Å². The predicted octanol–water partition coefficient (Wildman–Crippen LogP) is 3.30. The van der Waals surface area contributed by atoms with E-state index in [1.807, 2.05) is 19.9 Å². The first kappa shape index (κ1) is 12.6. The van der Waals surface area contributed by atoms with Crippen LogP contribution in [0.5, 0.6) is 0 Å². The van der Waals surface area contributed by atoms with Gasteiger partial charge in [-0.25, -0.2) is 9.97 Å². The molecule has 0 radical (unpaired) electrons. The molecular weight excluding hydrogens is 234 g/mol. The number of halogens is 1. The zero-order valence-electron chi connectivity index (χ0n) is 10.5. The molecule has 0 unspecified atom stereocenters. The Hall–Kier alpha value is -0.830. The fourth-order valence-electron chi connectivity index (χ4n) is 2.37. The summed E-state index contributed by atoms with van der Waals surface area (Å²) in [5.41, 5.74) is 2.04. The molecule has 0 aromatic carbocycles. The maximum atomic E-state index is 6.10. The number of nitrogens with zero attached hydrogens (tertiary/aromatic N) is 2. The molecular formula is C13H20ClN3. The third-order valence-corrected chi connectivity index (χ3v) is 3.74.